The maximum absolute atomic E-state index is 5.56. The van der Waals surface area contributed by atoms with Crippen LogP contribution in [0.3, 0.4) is 0 Å². The molecule has 0 radical (unpaired) electrons. The number of halogens is 1. The summed E-state index contributed by atoms with van der Waals surface area (Å²) in [5, 5.41) is 0. The monoisotopic (exact) mass is 236 g/mol. The zero-order valence-corrected chi connectivity index (χ0v) is 9.67. The predicted molar refractivity (Wildman–Crippen MR) is 63.3 cm³/mol. The van der Waals surface area contributed by atoms with Crippen molar-refractivity contribution in [2.75, 3.05) is 19.1 Å². The van der Waals surface area contributed by atoms with Gasteiger partial charge in [-0.3, -0.25) is 0 Å². The highest BCUT2D eigenvalue weighted by Crippen LogP contribution is 2.23. The molecule has 0 spiro atoms. The Bertz CT molecular complexity index is 400. The third kappa shape index (κ3) is 2.99. The van der Waals surface area contributed by atoms with Crippen LogP contribution < -0.4 is 0 Å². The number of benzene rings is 1. The van der Waals surface area contributed by atoms with E-state index in [1.165, 1.54) is 0 Å². The number of hydrogen-bond donors (Lipinski definition) is 0. The van der Waals surface area contributed by atoms with Crippen LogP contribution in [0.4, 0.5) is 0 Å². The molecule has 2 nitrogen and oxygen atoms in total. The summed E-state index contributed by atoms with van der Waals surface area (Å²) in [4.78, 5) is 0. The van der Waals surface area contributed by atoms with Crippen LogP contribution in [0.2, 0.25) is 0 Å². The van der Waals surface area contributed by atoms with Crippen LogP contribution in [0.15, 0.2) is 24.3 Å². The van der Waals surface area contributed by atoms with Gasteiger partial charge in [0.05, 0.1) is 13.2 Å². The van der Waals surface area contributed by atoms with Gasteiger partial charge in [0.1, 0.15) is 0 Å². The molecule has 1 saturated heterocycles. The number of hydrogen-bond acceptors (Lipinski definition) is 2. The average Bonchev–Trinajstić information content (AvgIpc) is 2.83. The molecule has 0 unspecified atom stereocenters. The summed E-state index contributed by atoms with van der Waals surface area (Å²) < 4.78 is 10.9. The second kappa shape index (κ2) is 5.91. The lowest BCUT2D eigenvalue weighted by molar-refractivity contribution is -0.0441. The van der Waals surface area contributed by atoms with Crippen molar-refractivity contribution in [3.63, 3.8) is 0 Å². The molecular formula is C13H13ClO2. The fourth-order valence-electron chi connectivity index (χ4n) is 1.53. The Kier molecular flexibility index (Phi) is 4.24. The number of rotatable bonds is 2. The lowest BCUT2D eigenvalue weighted by Crippen LogP contribution is -1.97. The Morgan fingerprint density at radius 2 is 2.12 bits per heavy atom. The van der Waals surface area contributed by atoms with Crippen LogP contribution in [-0.2, 0) is 9.47 Å². The van der Waals surface area contributed by atoms with Gasteiger partial charge in [-0.25, -0.2) is 0 Å². The zero-order valence-electron chi connectivity index (χ0n) is 8.91. The van der Waals surface area contributed by atoms with Gasteiger partial charge in [-0.15, -0.1) is 11.6 Å². The molecule has 0 saturated carbocycles. The van der Waals surface area contributed by atoms with Crippen LogP contribution in [-0.4, -0.2) is 19.1 Å². The lowest BCUT2D eigenvalue weighted by atomic mass is 10.1. The van der Waals surface area contributed by atoms with E-state index >= 15 is 0 Å². The van der Waals surface area contributed by atoms with E-state index in [1.54, 1.807) is 0 Å². The van der Waals surface area contributed by atoms with E-state index in [-0.39, 0.29) is 6.29 Å². The molecule has 1 heterocycles. The quantitative estimate of drug-likeness (QED) is 0.581. The first-order valence-corrected chi connectivity index (χ1v) is 5.81. The van der Waals surface area contributed by atoms with Crippen LogP contribution in [0.5, 0.6) is 0 Å². The van der Waals surface area contributed by atoms with Gasteiger partial charge < -0.3 is 9.47 Å². The number of ether oxygens (including phenoxy) is 2. The highest BCUT2D eigenvalue weighted by Gasteiger charge is 2.17. The van der Waals surface area contributed by atoms with Gasteiger partial charge in [-0.2, -0.15) is 0 Å². The first-order chi connectivity index (χ1) is 7.90. The SMILES string of the molecule is ClCCC#Cc1cccc(C2OCCO2)c1. The van der Waals surface area contributed by atoms with E-state index in [2.05, 4.69) is 11.8 Å². The van der Waals surface area contributed by atoms with Gasteiger partial charge in [0.25, 0.3) is 0 Å². The molecule has 16 heavy (non-hydrogen) atoms. The maximum atomic E-state index is 5.56. The zero-order chi connectivity index (χ0) is 11.2. The summed E-state index contributed by atoms with van der Waals surface area (Å²) >= 11 is 5.56. The molecule has 1 aliphatic rings. The molecule has 1 aliphatic heterocycles. The standard InChI is InChI=1S/C13H13ClO2/c14-7-2-1-4-11-5-3-6-12(10-11)13-15-8-9-16-13/h3,5-6,10,13H,2,7-9H2. The largest absolute Gasteiger partial charge is 0.346 e. The first-order valence-electron chi connectivity index (χ1n) is 5.28. The Morgan fingerprint density at radius 3 is 2.88 bits per heavy atom. The van der Waals surface area contributed by atoms with Crippen LogP contribution in [0, 0.1) is 11.8 Å². The topological polar surface area (TPSA) is 18.5 Å². The third-order valence-electron chi connectivity index (χ3n) is 2.23. The minimum absolute atomic E-state index is 0.227. The molecule has 0 aromatic heterocycles. The Labute approximate surface area is 101 Å². The molecule has 0 aliphatic carbocycles. The fourth-order valence-corrected chi connectivity index (χ4v) is 1.62. The molecule has 84 valence electrons. The molecular weight excluding hydrogens is 224 g/mol. The van der Waals surface area contributed by atoms with Crippen molar-refractivity contribution < 1.29 is 9.47 Å². The highest BCUT2D eigenvalue weighted by molar-refractivity contribution is 6.18. The molecule has 0 N–H and O–H groups in total. The molecule has 3 heteroatoms. The van der Waals surface area contributed by atoms with Crippen molar-refractivity contribution in [3.8, 4) is 11.8 Å². The molecule has 0 amide bonds. The molecule has 0 atom stereocenters. The Hall–Kier alpha value is -1.01. The van der Waals surface area contributed by atoms with Crippen molar-refractivity contribution in [3.05, 3.63) is 35.4 Å². The van der Waals surface area contributed by atoms with E-state index in [1.807, 2.05) is 24.3 Å². The minimum Gasteiger partial charge on any atom is -0.346 e. The van der Waals surface area contributed by atoms with Crippen molar-refractivity contribution in [1.82, 2.24) is 0 Å². The Balaban J connectivity index is 2.10. The van der Waals surface area contributed by atoms with Gasteiger partial charge in [-0.05, 0) is 12.1 Å². The van der Waals surface area contributed by atoms with Crippen molar-refractivity contribution in [2.45, 2.75) is 12.7 Å². The lowest BCUT2D eigenvalue weighted by Gasteiger charge is -2.08. The molecule has 0 bridgehead atoms. The summed E-state index contributed by atoms with van der Waals surface area (Å²) in [5.74, 6) is 6.64. The summed E-state index contributed by atoms with van der Waals surface area (Å²) in [7, 11) is 0. The maximum Gasteiger partial charge on any atom is 0.184 e. The predicted octanol–water partition coefficient (Wildman–Crippen LogP) is 2.71. The van der Waals surface area contributed by atoms with Crippen LogP contribution >= 0.6 is 11.6 Å². The minimum atomic E-state index is -0.227. The fraction of sp³-hybridized carbons (Fsp3) is 0.385. The van der Waals surface area contributed by atoms with E-state index in [9.17, 15) is 0 Å². The molecule has 1 fully saturated rings. The van der Waals surface area contributed by atoms with Gasteiger partial charge >= 0.3 is 0 Å². The van der Waals surface area contributed by atoms with E-state index in [0.717, 1.165) is 11.1 Å². The van der Waals surface area contributed by atoms with Gasteiger partial charge in [0.15, 0.2) is 6.29 Å². The smallest absolute Gasteiger partial charge is 0.184 e. The second-order valence-corrected chi connectivity index (χ2v) is 3.82. The summed E-state index contributed by atoms with van der Waals surface area (Å²) in [6, 6.07) is 7.92. The summed E-state index contributed by atoms with van der Waals surface area (Å²) in [6.07, 6.45) is 0.483. The van der Waals surface area contributed by atoms with Crippen molar-refractivity contribution in [2.24, 2.45) is 0 Å². The highest BCUT2D eigenvalue weighted by atomic mass is 35.5. The second-order valence-electron chi connectivity index (χ2n) is 3.44. The van der Waals surface area contributed by atoms with E-state index < -0.39 is 0 Å². The number of alkyl halides is 1. The van der Waals surface area contributed by atoms with Crippen LogP contribution in [0.25, 0.3) is 0 Å². The Morgan fingerprint density at radius 1 is 1.31 bits per heavy atom. The van der Waals surface area contributed by atoms with Gasteiger partial charge in [0, 0.05) is 23.4 Å². The van der Waals surface area contributed by atoms with Gasteiger partial charge in [0.2, 0.25) is 0 Å². The van der Waals surface area contributed by atoms with Crippen LogP contribution in [0.1, 0.15) is 23.8 Å². The normalized spacial score (nSPS) is 15.8. The summed E-state index contributed by atoms with van der Waals surface area (Å²) in [6.45, 7) is 1.32. The van der Waals surface area contributed by atoms with Crippen molar-refractivity contribution >= 4 is 11.6 Å². The van der Waals surface area contributed by atoms with Gasteiger partial charge in [-0.1, -0.05) is 24.0 Å². The molecule has 1 aromatic rings. The third-order valence-corrected chi connectivity index (χ3v) is 2.42. The van der Waals surface area contributed by atoms with E-state index in [4.69, 9.17) is 21.1 Å². The first kappa shape index (κ1) is 11.5. The van der Waals surface area contributed by atoms with Crippen molar-refractivity contribution in [1.29, 1.82) is 0 Å². The molecule has 2 rings (SSSR count). The summed E-state index contributed by atoms with van der Waals surface area (Å²) in [5.41, 5.74) is 2.00. The average molecular weight is 237 g/mol. The van der Waals surface area contributed by atoms with E-state index in [0.29, 0.717) is 25.5 Å². The molecule has 1 aromatic carbocycles.